The largest absolute Gasteiger partial charge is 0.496 e. The SMILES string of the molecule is COc1cc(Br)c(OC)c2c1C(C)(C)CC2=O. The molecule has 1 aromatic carbocycles. The average molecular weight is 299 g/mol. The molecule has 3 nitrogen and oxygen atoms in total. The summed E-state index contributed by atoms with van der Waals surface area (Å²) in [6.07, 6.45) is 0.492. The standard InChI is InChI=1S/C13H15BrO3/c1-13(2)6-8(15)10-11(13)9(16-3)5-7(14)12(10)17-4/h5H,6H2,1-4H3. The molecule has 0 saturated carbocycles. The fraction of sp³-hybridized carbons (Fsp3) is 0.462. The molecular formula is C13H15BrO3. The van der Waals surface area contributed by atoms with Gasteiger partial charge in [-0.2, -0.15) is 0 Å². The van der Waals surface area contributed by atoms with Crippen molar-refractivity contribution in [2.75, 3.05) is 14.2 Å². The van der Waals surface area contributed by atoms with Crippen LogP contribution in [0.15, 0.2) is 10.5 Å². The van der Waals surface area contributed by atoms with Gasteiger partial charge in [-0.15, -0.1) is 0 Å². The van der Waals surface area contributed by atoms with E-state index < -0.39 is 0 Å². The molecule has 1 aromatic rings. The first kappa shape index (κ1) is 12.4. The van der Waals surface area contributed by atoms with Crippen molar-refractivity contribution in [1.82, 2.24) is 0 Å². The van der Waals surface area contributed by atoms with Crippen molar-refractivity contribution in [1.29, 1.82) is 0 Å². The maximum Gasteiger partial charge on any atom is 0.167 e. The lowest BCUT2D eigenvalue weighted by Gasteiger charge is -2.21. The Labute approximate surface area is 109 Å². The predicted octanol–water partition coefficient (Wildman–Crippen LogP) is 3.33. The fourth-order valence-corrected chi connectivity index (χ4v) is 3.05. The van der Waals surface area contributed by atoms with Gasteiger partial charge in [0.2, 0.25) is 0 Å². The number of hydrogen-bond donors (Lipinski definition) is 0. The first-order valence-corrected chi connectivity index (χ1v) is 6.20. The number of ether oxygens (including phenoxy) is 2. The number of Topliss-reactive ketones (excluding diaryl/α,β-unsaturated/α-hetero) is 1. The van der Waals surface area contributed by atoms with E-state index in [0.29, 0.717) is 17.7 Å². The van der Waals surface area contributed by atoms with Gasteiger partial charge in [0, 0.05) is 17.4 Å². The second kappa shape index (κ2) is 4.02. The zero-order valence-electron chi connectivity index (χ0n) is 10.4. The van der Waals surface area contributed by atoms with Crippen LogP contribution in [0.4, 0.5) is 0 Å². The van der Waals surface area contributed by atoms with E-state index in [0.717, 1.165) is 15.8 Å². The molecule has 0 saturated heterocycles. The van der Waals surface area contributed by atoms with Crippen molar-refractivity contribution in [3.8, 4) is 11.5 Å². The number of hydrogen-bond acceptors (Lipinski definition) is 3. The Morgan fingerprint density at radius 3 is 2.47 bits per heavy atom. The van der Waals surface area contributed by atoms with Crippen LogP contribution >= 0.6 is 15.9 Å². The lowest BCUT2D eigenvalue weighted by atomic mass is 9.86. The lowest BCUT2D eigenvalue weighted by molar-refractivity contribution is 0.0977. The van der Waals surface area contributed by atoms with E-state index in [9.17, 15) is 4.79 Å². The predicted molar refractivity (Wildman–Crippen MR) is 69.2 cm³/mol. The normalized spacial score (nSPS) is 16.9. The summed E-state index contributed by atoms with van der Waals surface area (Å²) in [7, 11) is 3.19. The summed E-state index contributed by atoms with van der Waals surface area (Å²) in [6, 6.07) is 1.86. The molecule has 2 rings (SSSR count). The third-order valence-electron chi connectivity index (χ3n) is 3.18. The van der Waals surface area contributed by atoms with Gasteiger partial charge in [-0.25, -0.2) is 0 Å². The topological polar surface area (TPSA) is 35.5 Å². The highest BCUT2D eigenvalue weighted by Gasteiger charge is 2.41. The van der Waals surface area contributed by atoms with Gasteiger partial charge in [0.25, 0.3) is 0 Å². The molecule has 92 valence electrons. The Balaban J connectivity index is 2.82. The van der Waals surface area contributed by atoms with E-state index in [1.54, 1.807) is 14.2 Å². The molecule has 4 heteroatoms. The average Bonchev–Trinajstić information content (AvgIpc) is 2.48. The molecule has 0 N–H and O–H groups in total. The van der Waals surface area contributed by atoms with Gasteiger partial charge in [-0.3, -0.25) is 4.79 Å². The molecule has 0 aliphatic heterocycles. The quantitative estimate of drug-likeness (QED) is 0.840. The van der Waals surface area contributed by atoms with Gasteiger partial charge >= 0.3 is 0 Å². The molecule has 0 spiro atoms. The monoisotopic (exact) mass is 298 g/mol. The van der Waals surface area contributed by atoms with Crippen molar-refractivity contribution in [2.24, 2.45) is 0 Å². The number of halogens is 1. The van der Waals surface area contributed by atoms with Crippen molar-refractivity contribution < 1.29 is 14.3 Å². The maximum absolute atomic E-state index is 12.1. The Bertz CT molecular complexity index is 492. The molecule has 0 radical (unpaired) electrons. The third-order valence-corrected chi connectivity index (χ3v) is 3.77. The molecule has 0 amide bonds. The highest BCUT2D eigenvalue weighted by atomic mass is 79.9. The zero-order valence-corrected chi connectivity index (χ0v) is 12.0. The Kier molecular flexibility index (Phi) is 2.94. The summed E-state index contributed by atoms with van der Waals surface area (Å²) in [5, 5.41) is 0. The van der Waals surface area contributed by atoms with Crippen molar-refractivity contribution in [3.05, 3.63) is 21.7 Å². The molecule has 0 aromatic heterocycles. The van der Waals surface area contributed by atoms with E-state index in [2.05, 4.69) is 15.9 Å². The number of fused-ring (bicyclic) bond motifs is 1. The van der Waals surface area contributed by atoms with Crippen LogP contribution in [-0.4, -0.2) is 20.0 Å². The highest BCUT2D eigenvalue weighted by molar-refractivity contribution is 9.10. The van der Waals surface area contributed by atoms with Crippen LogP contribution < -0.4 is 9.47 Å². The van der Waals surface area contributed by atoms with E-state index >= 15 is 0 Å². The Hall–Kier alpha value is -1.03. The molecule has 1 aliphatic rings. The maximum atomic E-state index is 12.1. The fourth-order valence-electron chi connectivity index (χ4n) is 2.49. The first-order valence-electron chi connectivity index (χ1n) is 5.40. The molecule has 0 fully saturated rings. The minimum atomic E-state index is -0.203. The Morgan fingerprint density at radius 1 is 1.29 bits per heavy atom. The van der Waals surface area contributed by atoms with E-state index in [1.165, 1.54) is 0 Å². The van der Waals surface area contributed by atoms with Crippen molar-refractivity contribution in [2.45, 2.75) is 25.7 Å². The smallest absolute Gasteiger partial charge is 0.167 e. The molecule has 0 unspecified atom stereocenters. The van der Waals surface area contributed by atoms with Gasteiger partial charge < -0.3 is 9.47 Å². The number of rotatable bonds is 2. The molecule has 0 heterocycles. The number of carbonyl (C=O) groups is 1. The molecule has 0 atom stereocenters. The van der Waals surface area contributed by atoms with Gasteiger partial charge in [0.15, 0.2) is 5.78 Å². The molecular weight excluding hydrogens is 284 g/mol. The molecule has 17 heavy (non-hydrogen) atoms. The summed E-state index contributed by atoms with van der Waals surface area (Å²) in [4.78, 5) is 12.1. The van der Waals surface area contributed by atoms with Crippen LogP contribution in [0.1, 0.15) is 36.2 Å². The minimum Gasteiger partial charge on any atom is -0.496 e. The van der Waals surface area contributed by atoms with Crippen molar-refractivity contribution >= 4 is 21.7 Å². The van der Waals surface area contributed by atoms with Gasteiger partial charge in [-0.1, -0.05) is 13.8 Å². The van der Waals surface area contributed by atoms with Crippen LogP contribution in [0.3, 0.4) is 0 Å². The van der Waals surface area contributed by atoms with Crippen LogP contribution in [0.2, 0.25) is 0 Å². The summed E-state index contributed by atoms with van der Waals surface area (Å²) in [5.74, 6) is 1.46. The molecule has 1 aliphatic carbocycles. The van der Waals surface area contributed by atoms with Gasteiger partial charge in [0.05, 0.1) is 24.3 Å². The van der Waals surface area contributed by atoms with Gasteiger partial charge in [0.1, 0.15) is 11.5 Å². The zero-order chi connectivity index (χ0) is 12.8. The summed E-state index contributed by atoms with van der Waals surface area (Å²) < 4.78 is 11.5. The summed E-state index contributed by atoms with van der Waals surface area (Å²) in [6.45, 7) is 4.10. The second-order valence-electron chi connectivity index (χ2n) is 4.83. The number of ketones is 1. The van der Waals surface area contributed by atoms with Gasteiger partial charge in [-0.05, 0) is 22.0 Å². The summed E-state index contributed by atoms with van der Waals surface area (Å²) in [5.41, 5.74) is 1.40. The van der Waals surface area contributed by atoms with Crippen LogP contribution in [-0.2, 0) is 5.41 Å². The van der Waals surface area contributed by atoms with Crippen molar-refractivity contribution in [3.63, 3.8) is 0 Å². The van der Waals surface area contributed by atoms with E-state index in [1.807, 2.05) is 19.9 Å². The highest BCUT2D eigenvalue weighted by Crippen LogP contribution is 2.49. The van der Waals surface area contributed by atoms with Crippen LogP contribution in [0.25, 0.3) is 0 Å². The van der Waals surface area contributed by atoms with Crippen LogP contribution in [0, 0.1) is 0 Å². The van der Waals surface area contributed by atoms with E-state index in [-0.39, 0.29) is 11.2 Å². The number of methoxy groups -OCH3 is 2. The third kappa shape index (κ3) is 1.75. The summed E-state index contributed by atoms with van der Waals surface area (Å²) >= 11 is 3.41. The second-order valence-corrected chi connectivity index (χ2v) is 5.68. The number of benzene rings is 1. The Morgan fingerprint density at radius 2 is 1.94 bits per heavy atom. The lowest BCUT2D eigenvalue weighted by Crippen LogP contribution is -2.14. The molecule has 0 bridgehead atoms. The van der Waals surface area contributed by atoms with Crippen LogP contribution in [0.5, 0.6) is 11.5 Å². The first-order chi connectivity index (χ1) is 7.92. The van der Waals surface area contributed by atoms with E-state index in [4.69, 9.17) is 9.47 Å². The minimum absolute atomic E-state index is 0.112. The number of carbonyl (C=O) groups excluding carboxylic acids is 1.